The average Bonchev–Trinajstić information content (AvgIpc) is 3.31. The van der Waals surface area contributed by atoms with Gasteiger partial charge in [0.25, 0.3) is 13.4 Å². The molecule has 60 heavy (non-hydrogen) atoms. The molecule has 4 nitrogen and oxygen atoms in total. The van der Waals surface area contributed by atoms with E-state index < -0.39 is 0 Å². The lowest BCUT2D eigenvalue weighted by Crippen LogP contribution is -2.62. The molecule has 0 aliphatic carbocycles. The molecular weight excluding hydrogens is 732 g/mol. The second-order valence-corrected chi connectivity index (χ2v) is 15.9. The molecule has 0 fully saturated rings. The second-order valence-electron chi connectivity index (χ2n) is 15.9. The summed E-state index contributed by atoms with van der Waals surface area (Å²) in [7, 11) is 0. The van der Waals surface area contributed by atoms with Crippen molar-refractivity contribution in [2.75, 3.05) is 4.90 Å². The highest BCUT2D eigenvalue weighted by Gasteiger charge is 2.46. The van der Waals surface area contributed by atoms with E-state index in [9.17, 15) is 0 Å². The Morgan fingerprint density at radius 2 is 0.800 bits per heavy atom. The first-order valence-corrected chi connectivity index (χ1v) is 20.6. The summed E-state index contributed by atoms with van der Waals surface area (Å²) in [6.07, 6.45) is 0. The first kappa shape index (κ1) is 33.3. The molecule has 0 saturated heterocycles. The van der Waals surface area contributed by atoms with E-state index in [4.69, 9.17) is 14.2 Å². The molecule has 278 valence electrons. The van der Waals surface area contributed by atoms with Gasteiger partial charge in [-0.3, -0.25) is 0 Å². The van der Waals surface area contributed by atoms with Gasteiger partial charge in [-0.1, -0.05) is 152 Å². The Labute approximate surface area is 349 Å². The van der Waals surface area contributed by atoms with E-state index in [1.54, 1.807) is 0 Å². The highest BCUT2D eigenvalue weighted by molar-refractivity contribution is 7.01. The van der Waals surface area contributed by atoms with Crippen molar-refractivity contribution in [3.63, 3.8) is 0 Å². The Hall–Kier alpha value is -7.69. The van der Waals surface area contributed by atoms with Gasteiger partial charge in [-0.15, -0.1) is 0 Å². The van der Waals surface area contributed by atoms with Gasteiger partial charge in [0.2, 0.25) is 0 Å². The molecule has 6 heteroatoms. The molecule has 13 rings (SSSR count). The van der Waals surface area contributed by atoms with Crippen LogP contribution in [0.3, 0.4) is 0 Å². The quantitative estimate of drug-likeness (QED) is 0.167. The summed E-state index contributed by atoms with van der Waals surface area (Å²) in [5.74, 6) is 5.12. The highest BCUT2D eigenvalue weighted by Crippen LogP contribution is 2.48. The molecule has 0 radical (unpaired) electrons. The zero-order chi connectivity index (χ0) is 39.3. The van der Waals surface area contributed by atoms with E-state index in [0.717, 1.165) is 101 Å². The Balaban J connectivity index is 1.12. The summed E-state index contributed by atoms with van der Waals surface area (Å²) >= 11 is 0. The maximum Gasteiger partial charge on any atom is 0.260 e. The Morgan fingerprint density at radius 3 is 1.50 bits per heavy atom. The van der Waals surface area contributed by atoms with Crippen LogP contribution in [0.15, 0.2) is 200 Å². The predicted octanol–water partition coefficient (Wildman–Crippen LogP) is 9.82. The lowest BCUT2D eigenvalue weighted by molar-refractivity contribution is 0.464. The molecule has 0 spiro atoms. The average molecular weight is 765 g/mol. The molecular formula is C54H33B2NO3. The fourth-order valence-corrected chi connectivity index (χ4v) is 10.1. The van der Waals surface area contributed by atoms with Gasteiger partial charge in [0.05, 0.1) is 5.69 Å². The number of nitrogens with zero attached hydrogens (tertiary/aromatic N) is 1. The van der Waals surface area contributed by atoms with Gasteiger partial charge in [0.1, 0.15) is 34.5 Å². The summed E-state index contributed by atoms with van der Waals surface area (Å²) in [6, 6.07) is 71.3. The summed E-state index contributed by atoms with van der Waals surface area (Å²) < 4.78 is 20.6. The van der Waals surface area contributed by atoms with Crippen LogP contribution in [0.4, 0.5) is 17.1 Å². The largest absolute Gasteiger partial charge is 0.458 e. The molecule has 9 aromatic carbocycles. The predicted molar refractivity (Wildman–Crippen MR) is 246 cm³/mol. The number of fused-ring (bicyclic) bond motifs is 8. The van der Waals surface area contributed by atoms with Crippen molar-refractivity contribution in [3.05, 3.63) is 200 Å². The highest BCUT2D eigenvalue weighted by atomic mass is 16.5. The summed E-state index contributed by atoms with van der Waals surface area (Å²) in [5.41, 5.74) is 16.9. The van der Waals surface area contributed by atoms with Crippen LogP contribution in [-0.4, -0.2) is 13.4 Å². The first-order valence-electron chi connectivity index (χ1n) is 20.6. The lowest BCUT2D eigenvalue weighted by Gasteiger charge is -2.42. The van der Waals surface area contributed by atoms with Crippen molar-refractivity contribution in [2.45, 2.75) is 0 Å². The fourth-order valence-electron chi connectivity index (χ4n) is 10.1. The van der Waals surface area contributed by atoms with E-state index in [2.05, 4.69) is 193 Å². The minimum atomic E-state index is -0.106. The minimum Gasteiger partial charge on any atom is -0.458 e. The molecule has 0 saturated carbocycles. The number of ether oxygens (including phenoxy) is 3. The van der Waals surface area contributed by atoms with Gasteiger partial charge in [-0.25, -0.2) is 0 Å². The van der Waals surface area contributed by atoms with Crippen LogP contribution < -0.4 is 51.9 Å². The van der Waals surface area contributed by atoms with E-state index in [1.165, 1.54) is 16.6 Å². The fraction of sp³-hybridized carbons (Fsp3) is 0. The molecule has 4 aliphatic heterocycles. The van der Waals surface area contributed by atoms with Crippen LogP contribution in [-0.2, 0) is 0 Å². The second kappa shape index (κ2) is 12.9. The van der Waals surface area contributed by atoms with Crippen molar-refractivity contribution < 1.29 is 14.2 Å². The van der Waals surface area contributed by atoms with Crippen LogP contribution in [0.5, 0.6) is 34.5 Å². The van der Waals surface area contributed by atoms with Gasteiger partial charge in [-0.05, 0) is 97.6 Å². The number of hydrogen-bond acceptors (Lipinski definition) is 4. The SMILES string of the molecule is c1ccc(-c2ccccc2-c2cc3c4c(c2)N(c2ccccc2-c2ccccc2)c2cc5c(cc2B4c2ccccc2O3)B2c3ccccc3Oc3cccc(c32)O5)cc1. The van der Waals surface area contributed by atoms with Crippen LogP contribution in [0, 0.1) is 0 Å². The van der Waals surface area contributed by atoms with Crippen LogP contribution in [0.25, 0.3) is 33.4 Å². The molecule has 4 heterocycles. The van der Waals surface area contributed by atoms with Crippen molar-refractivity contribution in [3.8, 4) is 67.9 Å². The molecule has 0 N–H and O–H groups in total. The molecule has 0 bridgehead atoms. The molecule has 0 atom stereocenters. The molecule has 0 aromatic heterocycles. The molecule has 0 amide bonds. The third-order valence-electron chi connectivity index (χ3n) is 12.7. The van der Waals surface area contributed by atoms with Gasteiger partial charge < -0.3 is 19.1 Å². The van der Waals surface area contributed by atoms with Crippen LogP contribution in [0.1, 0.15) is 0 Å². The lowest BCUT2D eigenvalue weighted by atomic mass is 9.31. The smallest absolute Gasteiger partial charge is 0.260 e. The zero-order valence-corrected chi connectivity index (χ0v) is 32.4. The minimum absolute atomic E-state index is 0.0620. The number of hydrogen-bond donors (Lipinski definition) is 0. The topological polar surface area (TPSA) is 30.9 Å². The van der Waals surface area contributed by atoms with E-state index in [0.29, 0.717) is 0 Å². The summed E-state index contributed by atoms with van der Waals surface area (Å²) in [4.78, 5) is 2.46. The third kappa shape index (κ3) is 4.88. The Kier molecular flexibility index (Phi) is 7.16. The number of para-hydroxylation sites is 3. The van der Waals surface area contributed by atoms with Gasteiger partial charge in [0, 0.05) is 28.5 Å². The normalized spacial score (nSPS) is 13.3. The monoisotopic (exact) mass is 765 g/mol. The van der Waals surface area contributed by atoms with E-state index in [-0.39, 0.29) is 13.4 Å². The van der Waals surface area contributed by atoms with Crippen molar-refractivity contribution >= 4 is 63.3 Å². The number of anilines is 3. The molecule has 0 unspecified atom stereocenters. The molecule has 9 aromatic rings. The third-order valence-corrected chi connectivity index (χ3v) is 12.7. The van der Waals surface area contributed by atoms with E-state index >= 15 is 0 Å². The van der Waals surface area contributed by atoms with E-state index in [1.807, 2.05) is 12.1 Å². The molecule has 4 aliphatic rings. The number of benzene rings is 9. The Bertz CT molecular complexity index is 3220. The zero-order valence-electron chi connectivity index (χ0n) is 32.4. The van der Waals surface area contributed by atoms with Gasteiger partial charge in [-0.2, -0.15) is 0 Å². The van der Waals surface area contributed by atoms with Crippen molar-refractivity contribution in [1.82, 2.24) is 0 Å². The Morgan fingerprint density at radius 1 is 0.283 bits per heavy atom. The van der Waals surface area contributed by atoms with Crippen molar-refractivity contribution in [2.24, 2.45) is 0 Å². The standard InChI is InChI=1S/C54H33B2NO3/c1-3-16-34(17-4-1)37-20-7-8-21-38(37)36-30-46-53-52(31-36)59-48-27-14-10-23-40(48)55(53)42-32-43-51(33-45(42)57(46)44-25-12-9-22-39(44)35-18-5-2-6-19-35)60-50-29-15-28-49-54(50)56(43)41-24-11-13-26-47(41)58-49/h1-33H. The van der Waals surface area contributed by atoms with Gasteiger partial charge >= 0.3 is 0 Å². The number of rotatable bonds is 4. The first-order chi connectivity index (χ1) is 29.8. The van der Waals surface area contributed by atoms with Gasteiger partial charge in [0.15, 0.2) is 0 Å². The summed E-state index contributed by atoms with van der Waals surface area (Å²) in [6.45, 7) is -0.168. The van der Waals surface area contributed by atoms with Crippen LogP contribution in [0.2, 0.25) is 0 Å². The van der Waals surface area contributed by atoms with Crippen LogP contribution >= 0.6 is 0 Å². The maximum absolute atomic E-state index is 7.05. The van der Waals surface area contributed by atoms with Crippen molar-refractivity contribution in [1.29, 1.82) is 0 Å². The summed E-state index contributed by atoms with van der Waals surface area (Å²) in [5, 5.41) is 0. The maximum atomic E-state index is 7.05.